The number of carbonyl (C=O) groups is 1. The van der Waals surface area contributed by atoms with Crippen molar-refractivity contribution in [2.75, 3.05) is 20.3 Å². The van der Waals surface area contributed by atoms with E-state index in [2.05, 4.69) is 0 Å². The maximum absolute atomic E-state index is 13.0. The Bertz CT molecular complexity index is 422. The molecule has 0 radical (unpaired) electrons. The summed E-state index contributed by atoms with van der Waals surface area (Å²) in [7, 11) is 1.92. The van der Waals surface area contributed by atoms with E-state index in [9.17, 15) is 9.18 Å². The van der Waals surface area contributed by atoms with Gasteiger partial charge in [0.25, 0.3) is 0 Å². The van der Waals surface area contributed by atoms with Crippen LogP contribution in [0.1, 0.15) is 28.4 Å². The van der Waals surface area contributed by atoms with Gasteiger partial charge in [0.1, 0.15) is 0 Å². The SMILES string of the molecule is CN1CCC(CF)C1c1ccccc1C(=O)O. The largest absolute Gasteiger partial charge is 0.478 e. The van der Waals surface area contributed by atoms with Crippen LogP contribution in [0.3, 0.4) is 0 Å². The van der Waals surface area contributed by atoms with Gasteiger partial charge in [-0.2, -0.15) is 0 Å². The number of hydrogen-bond acceptors (Lipinski definition) is 2. The zero-order valence-electron chi connectivity index (χ0n) is 9.77. The Labute approximate surface area is 99.9 Å². The molecule has 1 aliphatic rings. The molecule has 4 heteroatoms. The highest BCUT2D eigenvalue weighted by molar-refractivity contribution is 5.89. The maximum Gasteiger partial charge on any atom is 0.336 e. The monoisotopic (exact) mass is 237 g/mol. The maximum atomic E-state index is 13.0. The molecular formula is C13H16FNO2. The molecule has 1 N–H and O–H groups in total. The molecule has 2 unspecified atom stereocenters. The molecule has 0 aromatic heterocycles. The highest BCUT2D eigenvalue weighted by atomic mass is 19.1. The summed E-state index contributed by atoms with van der Waals surface area (Å²) in [6.07, 6.45) is 0.783. The van der Waals surface area contributed by atoms with Crippen LogP contribution < -0.4 is 0 Å². The minimum atomic E-state index is -0.946. The molecule has 1 aliphatic heterocycles. The van der Waals surface area contributed by atoms with Crippen molar-refractivity contribution in [3.05, 3.63) is 35.4 Å². The lowest BCUT2D eigenvalue weighted by atomic mass is 9.91. The van der Waals surface area contributed by atoms with E-state index in [4.69, 9.17) is 5.11 Å². The van der Waals surface area contributed by atoms with Gasteiger partial charge in [-0.05, 0) is 31.6 Å². The molecule has 2 atom stereocenters. The molecule has 1 aromatic carbocycles. The van der Waals surface area contributed by atoms with E-state index in [1.165, 1.54) is 0 Å². The summed E-state index contributed by atoms with van der Waals surface area (Å²) in [5.74, 6) is -1.04. The second-order valence-electron chi connectivity index (χ2n) is 4.52. The quantitative estimate of drug-likeness (QED) is 0.877. The molecule has 1 saturated heterocycles. The average Bonchev–Trinajstić information content (AvgIpc) is 2.70. The number of likely N-dealkylation sites (tertiary alicyclic amines) is 1. The molecule has 1 heterocycles. The van der Waals surface area contributed by atoms with Gasteiger partial charge in [-0.15, -0.1) is 0 Å². The lowest BCUT2D eigenvalue weighted by Gasteiger charge is -2.25. The van der Waals surface area contributed by atoms with Crippen molar-refractivity contribution >= 4 is 5.97 Å². The van der Waals surface area contributed by atoms with E-state index in [0.29, 0.717) is 0 Å². The van der Waals surface area contributed by atoms with Crippen LogP contribution >= 0.6 is 0 Å². The normalized spacial score (nSPS) is 25.1. The van der Waals surface area contributed by atoms with E-state index in [0.717, 1.165) is 18.5 Å². The van der Waals surface area contributed by atoms with E-state index >= 15 is 0 Å². The Balaban J connectivity index is 2.41. The third kappa shape index (κ3) is 2.17. The van der Waals surface area contributed by atoms with Crippen LogP contribution in [0.4, 0.5) is 4.39 Å². The molecule has 17 heavy (non-hydrogen) atoms. The fourth-order valence-corrected chi connectivity index (χ4v) is 2.63. The lowest BCUT2D eigenvalue weighted by Crippen LogP contribution is -2.24. The molecule has 0 amide bonds. The van der Waals surface area contributed by atoms with Crippen molar-refractivity contribution in [3.63, 3.8) is 0 Å². The first-order valence-electron chi connectivity index (χ1n) is 5.73. The number of carboxylic acids is 1. The molecule has 0 bridgehead atoms. The summed E-state index contributed by atoms with van der Waals surface area (Å²) in [5.41, 5.74) is 1.01. The Morgan fingerprint density at radius 3 is 2.88 bits per heavy atom. The van der Waals surface area contributed by atoms with Crippen molar-refractivity contribution < 1.29 is 14.3 Å². The fourth-order valence-electron chi connectivity index (χ4n) is 2.63. The number of nitrogens with zero attached hydrogens (tertiary/aromatic N) is 1. The van der Waals surface area contributed by atoms with Gasteiger partial charge in [0.05, 0.1) is 12.2 Å². The number of carboxylic acid groups (broad SMARTS) is 1. The van der Waals surface area contributed by atoms with Crippen LogP contribution in [0.25, 0.3) is 0 Å². The predicted molar refractivity (Wildman–Crippen MR) is 62.9 cm³/mol. The van der Waals surface area contributed by atoms with Crippen molar-refractivity contribution in [3.8, 4) is 0 Å². The predicted octanol–water partition coefficient (Wildman–Crippen LogP) is 2.35. The summed E-state index contributed by atoms with van der Waals surface area (Å²) in [5, 5.41) is 9.16. The Morgan fingerprint density at radius 1 is 1.53 bits per heavy atom. The first-order chi connectivity index (χ1) is 8.15. The number of alkyl halides is 1. The first kappa shape index (κ1) is 12.0. The summed E-state index contributed by atoms with van der Waals surface area (Å²) >= 11 is 0. The van der Waals surface area contributed by atoms with E-state index in [-0.39, 0.29) is 17.5 Å². The fraction of sp³-hybridized carbons (Fsp3) is 0.462. The average molecular weight is 237 g/mol. The third-order valence-corrected chi connectivity index (χ3v) is 3.48. The van der Waals surface area contributed by atoms with Gasteiger partial charge >= 0.3 is 5.97 Å². The minimum Gasteiger partial charge on any atom is -0.478 e. The zero-order chi connectivity index (χ0) is 12.4. The van der Waals surface area contributed by atoms with Crippen molar-refractivity contribution in [2.45, 2.75) is 12.5 Å². The van der Waals surface area contributed by atoms with Crippen molar-refractivity contribution in [1.29, 1.82) is 0 Å². The Hall–Kier alpha value is -1.42. The highest BCUT2D eigenvalue weighted by Gasteiger charge is 2.34. The van der Waals surface area contributed by atoms with Gasteiger partial charge in [-0.3, -0.25) is 9.29 Å². The number of benzene rings is 1. The second kappa shape index (κ2) is 4.84. The molecule has 0 aliphatic carbocycles. The smallest absolute Gasteiger partial charge is 0.336 e. The summed E-state index contributed by atoms with van der Waals surface area (Å²) < 4.78 is 13.0. The first-order valence-corrected chi connectivity index (χ1v) is 5.73. The van der Waals surface area contributed by atoms with Gasteiger partial charge in [0, 0.05) is 12.0 Å². The summed E-state index contributed by atoms with van der Waals surface area (Å²) in [4.78, 5) is 13.2. The molecule has 2 rings (SSSR count). The highest BCUT2D eigenvalue weighted by Crippen LogP contribution is 2.37. The van der Waals surface area contributed by atoms with Crippen LogP contribution in [-0.2, 0) is 0 Å². The van der Waals surface area contributed by atoms with Crippen LogP contribution in [-0.4, -0.2) is 36.2 Å². The number of aromatic carboxylic acids is 1. The molecule has 0 saturated carbocycles. The third-order valence-electron chi connectivity index (χ3n) is 3.48. The topological polar surface area (TPSA) is 40.5 Å². The van der Waals surface area contributed by atoms with Crippen LogP contribution in [0.15, 0.2) is 24.3 Å². The number of rotatable bonds is 3. The lowest BCUT2D eigenvalue weighted by molar-refractivity contribution is 0.0692. The molecule has 1 fully saturated rings. The molecule has 0 spiro atoms. The minimum absolute atomic E-state index is 0.0968. The summed E-state index contributed by atoms with van der Waals surface area (Å²) in [6.45, 7) is 0.413. The van der Waals surface area contributed by atoms with Crippen LogP contribution in [0.2, 0.25) is 0 Å². The van der Waals surface area contributed by atoms with Gasteiger partial charge < -0.3 is 5.11 Å². The molecule has 3 nitrogen and oxygen atoms in total. The number of hydrogen-bond donors (Lipinski definition) is 1. The number of halogens is 1. The van der Waals surface area contributed by atoms with E-state index in [1.807, 2.05) is 18.0 Å². The Morgan fingerprint density at radius 2 is 2.24 bits per heavy atom. The van der Waals surface area contributed by atoms with Crippen LogP contribution in [0, 0.1) is 5.92 Å². The van der Waals surface area contributed by atoms with Gasteiger partial charge in [-0.1, -0.05) is 18.2 Å². The van der Waals surface area contributed by atoms with Crippen LogP contribution in [0.5, 0.6) is 0 Å². The van der Waals surface area contributed by atoms with E-state index < -0.39 is 12.6 Å². The van der Waals surface area contributed by atoms with Gasteiger partial charge in [0.2, 0.25) is 0 Å². The second-order valence-corrected chi connectivity index (χ2v) is 4.52. The standard InChI is InChI=1S/C13H16FNO2/c1-15-7-6-9(8-14)12(15)10-4-2-3-5-11(10)13(16)17/h2-5,9,12H,6-8H2,1H3,(H,16,17). The zero-order valence-corrected chi connectivity index (χ0v) is 9.77. The van der Waals surface area contributed by atoms with Gasteiger partial charge in [-0.25, -0.2) is 4.79 Å². The molecule has 1 aromatic rings. The van der Waals surface area contributed by atoms with Crippen molar-refractivity contribution in [1.82, 2.24) is 4.90 Å². The Kier molecular flexibility index (Phi) is 3.43. The molecule has 92 valence electrons. The van der Waals surface area contributed by atoms with E-state index in [1.54, 1.807) is 18.2 Å². The molecular weight excluding hydrogens is 221 g/mol. The van der Waals surface area contributed by atoms with Crippen molar-refractivity contribution in [2.24, 2.45) is 5.92 Å². The van der Waals surface area contributed by atoms with Gasteiger partial charge in [0.15, 0.2) is 0 Å². The summed E-state index contributed by atoms with van der Waals surface area (Å²) in [6, 6.07) is 6.76.